The fourth-order valence-corrected chi connectivity index (χ4v) is 2.05. The van der Waals surface area contributed by atoms with Crippen LogP contribution in [-0.2, 0) is 9.53 Å². The summed E-state index contributed by atoms with van der Waals surface area (Å²) in [4.78, 5) is 11.6. The minimum absolute atomic E-state index is 0.0486. The lowest BCUT2D eigenvalue weighted by atomic mass is 9.93. The maximum Gasteiger partial charge on any atom is 0.237 e. The van der Waals surface area contributed by atoms with Gasteiger partial charge in [0, 0.05) is 19.1 Å². The predicted octanol–water partition coefficient (Wildman–Crippen LogP) is 1.82. The van der Waals surface area contributed by atoms with Crippen LogP contribution in [0.4, 0.5) is 0 Å². The van der Waals surface area contributed by atoms with Crippen LogP contribution in [0.15, 0.2) is 0 Å². The minimum atomic E-state index is -0.640. The Bertz CT molecular complexity index is 277. The summed E-state index contributed by atoms with van der Waals surface area (Å²) in [5.41, 5.74) is 4.87. The van der Waals surface area contributed by atoms with Crippen molar-refractivity contribution >= 4 is 5.91 Å². The molecule has 2 atom stereocenters. The molecule has 0 aliphatic heterocycles. The fourth-order valence-electron chi connectivity index (χ4n) is 2.05. The number of ether oxygens (including phenoxy) is 1. The van der Waals surface area contributed by atoms with Gasteiger partial charge >= 0.3 is 0 Å². The summed E-state index contributed by atoms with van der Waals surface area (Å²) in [5, 5.41) is 3.34. The van der Waals surface area contributed by atoms with Crippen LogP contribution in [-0.4, -0.2) is 30.2 Å². The van der Waals surface area contributed by atoms with Gasteiger partial charge in [0.15, 0.2) is 0 Å². The first-order valence-electron chi connectivity index (χ1n) is 7.02. The van der Waals surface area contributed by atoms with Crippen molar-refractivity contribution in [1.29, 1.82) is 0 Å². The molecule has 0 heterocycles. The smallest absolute Gasteiger partial charge is 0.237 e. The normalized spacial score (nSPS) is 20.7. The van der Waals surface area contributed by atoms with Crippen molar-refractivity contribution in [1.82, 2.24) is 5.32 Å². The number of nitrogens with two attached hydrogens (primary N) is 1. The highest BCUT2D eigenvalue weighted by molar-refractivity contribution is 5.84. The number of carbonyl (C=O) groups excluding carboxylic acids is 1. The third-order valence-electron chi connectivity index (χ3n) is 3.44. The van der Waals surface area contributed by atoms with E-state index in [2.05, 4.69) is 19.2 Å². The van der Waals surface area contributed by atoms with E-state index in [-0.39, 0.29) is 12.0 Å². The van der Waals surface area contributed by atoms with Gasteiger partial charge in [0.2, 0.25) is 5.91 Å². The van der Waals surface area contributed by atoms with Gasteiger partial charge in [-0.1, -0.05) is 13.8 Å². The molecule has 2 unspecified atom stereocenters. The lowest BCUT2D eigenvalue weighted by molar-refractivity contribution is -0.125. The van der Waals surface area contributed by atoms with Crippen molar-refractivity contribution in [2.45, 2.75) is 71.1 Å². The molecule has 3 N–H and O–H groups in total. The summed E-state index contributed by atoms with van der Waals surface area (Å²) in [6.45, 7) is 9.00. The van der Waals surface area contributed by atoms with E-state index in [1.165, 1.54) is 0 Å². The SMILES string of the molecule is CC(C)CCOC(C)CC(C)(NC1CC1)C(N)=O. The van der Waals surface area contributed by atoms with Gasteiger partial charge in [0.1, 0.15) is 0 Å². The quantitative estimate of drug-likeness (QED) is 0.661. The lowest BCUT2D eigenvalue weighted by Crippen LogP contribution is -2.55. The van der Waals surface area contributed by atoms with Crippen LogP contribution in [0.5, 0.6) is 0 Å². The van der Waals surface area contributed by atoms with Crippen LogP contribution in [0.1, 0.15) is 53.4 Å². The molecule has 0 aromatic carbocycles. The first kappa shape index (κ1) is 15.4. The number of carbonyl (C=O) groups is 1. The zero-order valence-corrected chi connectivity index (χ0v) is 12.2. The Hall–Kier alpha value is -0.610. The second-order valence-electron chi connectivity index (χ2n) is 6.18. The van der Waals surface area contributed by atoms with Crippen LogP contribution in [0.3, 0.4) is 0 Å². The van der Waals surface area contributed by atoms with Crippen molar-refractivity contribution in [3.63, 3.8) is 0 Å². The van der Waals surface area contributed by atoms with Crippen LogP contribution in [0, 0.1) is 5.92 Å². The summed E-state index contributed by atoms with van der Waals surface area (Å²) in [7, 11) is 0. The third kappa shape index (κ3) is 5.36. The first-order valence-corrected chi connectivity index (χ1v) is 7.02. The van der Waals surface area contributed by atoms with Gasteiger partial charge in [-0.2, -0.15) is 0 Å². The highest BCUT2D eigenvalue weighted by Gasteiger charge is 2.38. The Morgan fingerprint density at radius 2 is 2.06 bits per heavy atom. The average molecular weight is 256 g/mol. The second kappa shape index (κ2) is 6.53. The molecule has 0 bridgehead atoms. The molecule has 18 heavy (non-hydrogen) atoms. The van der Waals surface area contributed by atoms with Gasteiger partial charge in [0.05, 0.1) is 11.6 Å². The molecule has 0 saturated heterocycles. The molecule has 0 aromatic heterocycles. The number of hydrogen-bond acceptors (Lipinski definition) is 3. The first-order chi connectivity index (χ1) is 8.33. The van der Waals surface area contributed by atoms with E-state index >= 15 is 0 Å². The number of rotatable bonds is 9. The van der Waals surface area contributed by atoms with E-state index in [0.717, 1.165) is 25.9 Å². The monoisotopic (exact) mass is 256 g/mol. The van der Waals surface area contributed by atoms with E-state index in [4.69, 9.17) is 10.5 Å². The zero-order chi connectivity index (χ0) is 13.8. The standard InChI is InChI=1S/C14H28N2O2/c1-10(2)7-8-18-11(3)9-14(4,13(15)17)16-12-5-6-12/h10-12,16H,5-9H2,1-4H3,(H2,15,17). The van der Waals surface area contributed by atoms with Crippen molar-refractivity contribution in [3.8, 4) is 0 Å². The van der Waals surface area contributed by atoms with E-state index < -0.39 is 5.54 Å². The van der Waals surface area contributed by atoms with Gasteiger partial charge in [0.25, 0.3) is 0 Å². The maximum absolute atomic E-state index is 11.6. The zero-order valence-electron chi connectivity index (χ0n) is 12.2. The minimum Gasteiger partial charge on any atom is -0.378 e. The lowest BCUT2D eigenvalue weighted by Gasteiger charge is -2.30. The van der Waals surface area contributed by atoms with E-state index in [1.807, 2.05) is 13.8 Å². The molecule has 1 aliphatic rings. The van der Waals surface area contributed by atoms with Crippen molar-refractivity contribution in [2.75, 3.05) is 6.61 Å². The summed E-state index contributed by atoms with van der Waals surface area (Å²) in [6, 6.07) is 0.463. The topological polar surface area (TPSA) is 64.3 Å². The molecule has 1 fully saturated rings. The highest BCUT2D eigenvalue weighted by Crippen LogP contribution is 2.25. The number of hydrogen-bond donors (Lipinski definition) is 2. The van der Waals surface area contributed by atoms with Crippen molar-refractivity contribution < 1.29 is 9.53 Å². The molecule has 0 aromatic rings. The second-order valence-corrected chi connectivity index (χ2v) is 6.18. The van der Waals surface area contributed by atoms with Gasteiger partial charge in [-0.15, -0.1) is 0 Å². The Morgan fingerprint density at radius 1 is 1.44 bits per heavy atom. The van der Waals surface area contributed by atoms with Gasteiger partial charge in [-0.3, -0.25) is 4.79 Å². The van der Waals surface area contributed by atoms with Crippen LogP contribution < -0.4 is 11.1 Å². The third-order valence-corrected chi connectivity index (χ3v) is 3.44. The summed E-state index contributed by atoms with van der Waals surface area (Å²) in [6.07, 6.45) is 4.02. The summed E-state index contributed by atoms with van der Waals surface area (Å²) in [5.74, 6) is 0.359. The van der Waals surface area contributed by atoms with E-state index in [9.17, 15) is 4.79 Å². The molecule has 106 valence electrons. The molecule has 1 aliphatic carbocycles. The molecule has 1 rings (SSSR count). The molecule has 4 heteroatoms. The number of primary amides is 1. The van der Waals surface area contributed by atoms with Crippen molar-refractivity contribution in [3.05, 3.63) is 0 Å². The van der Waals surface area contributed by atoms with Crippen LogP contribution in [0.25, 0.3) is 0 Å². The maximum atomic E-state index is 11.6. The highest BCUT2D eigenvalue weighted by atomic mass is 16.5. The molecule has 0 spiro atoms. The van der Waals surface area contributed by atoms with E-state index in [0.29, 0.717) is 18.4 Å². The molecular weight excluding hydrogens is 228 g/mol. The molecule has 0 radical (unpaired) electrons. The predicted molar refractivity (Wildman–Crippen MR) is 73.2 cm³/mol. The molecular formula is C14H28N2O2. The molecule has 4 nitrogen and oxygen atoms in total. The Morgan fingerprint density at radius 3 is 2.50 bits per heavy atom. The summed E-state index contributed by atoms with van der Waals surface area (Å²) >= 11 is 0. The molecule has 1 amide bonds. The average Bonchev–Trinajstić information content (AvgIpc) is 3.00. The van der Waals surface area contributed by atoms with E-state index in [1.54, 1.807) is 0 Å². The number of amides is 1. The van der Waals surface area contributed by atoms with Gasteiger partial charge < -0.3 is 15.8 Å². The van der Waals surface area contributed by atoms with Crippen LogP contribution >= 0.6 is 0 Å². The fraction of sp³-hybridized carbons (Fsp3) is 0.929. The Balaban J connectivity index is 2.37. The Kier molecular flexibility index (Phi) is 5.60. The van der Waals surface area contributed by atoms with Gasteiger partial charge in [-0.05, 0) is 39.0 Å². The summed E-state index contributed by atoms with van der Waals surface area (Å²) < 4.78 is 5.75. The Labute approximate surface area is 111 Å². The number of nitrogens with one attached hydrogen (secondary N) is 1. The largest absolute Gasteiger partial charge is 0.378 e. The van der Waals surface area contributed by atoms with Gasteiger partial charge in [-0.25, -0.2) is 0 Å². The molecule has 1 saturated carbocycles. The van der Waals surface area contributed by atoms with Crippen molar-refractivity contribution in [2.24, 2.45) is 11.7 Å². The van der Waals surface area contributed by atoms with Crippen LogP contribution in [0.2, 0.25) is 0 Å².